The summed E-state index contributed by atoms with van der Waals surface area (Å²) in [5.41, 5.74) is 0.884. The van der Waals surface area contributed by atoms with E-state index in [0.717, 1.165) is 16.3 Å². The highest BCUT2D eigenvalue weighted by atomic mass is 35.5. The number of aryl methyl sites for hydroxylation is 1. The second-order valence-corrected chi connectivity index (χ2v) is 3.57. The second kappa shape index (κ2) is 2.93. The lowest BCUT2D eigenvalue weighted by Crippen LogP contribution is -1.77. The Balaban J connectivity index is 2.81. The van der Waals surface area contributed by atoms with Gasteiger partial charge in [0.1, 0.15) is 5.75 Å². The van der Waals surface area contributed by atoms with Gasteiger partial charge in [-0.15, -0.1) is 0 Å². The van der Waals surface area contributed by atoms with Crippen molar-refractivity contribution in [3.8, 4) is 5.75 Å². The predicted octanol–water partition coefficient (Wildman–Crippen LogP) is 3.51. The Morgan fingerprint density at radius 1 is 1.08 bits per heavy atom. The summed E-state index contributed by atoms with van der Waals surface area (Å²) >= 11 is 5.83. The number of phenolic OH excluding ortho intramolecular Hbond substituents is 1. The van der Waals surface area contributed by atoms with Gasteiger partial charge in [0, 0.05) is 5.02 Å². The largest absolute Gasteiger partial charge is 0.508 e. The van der Waals surface area contributed by atoms with Gasteiger partial charge in [-0.2, -0.15) is 0 Å². The minimum Gasteiger partial charge on any atom is -0.508 e. The van der Waals surface area contributed by atoms with Gasteiger partial charge in [0.05, 0.1) is 0 Å². The van der Waals surface area contributed by atoms with Crippen LogP contribution in [0.5, 0.6) is 5.75 Å². The predicted molar refractivity (Wildman–Crippen MR) is 55.4 cm³/mol. The van der Waals surface area contributed by atoms with Crippen LogP contribution in [0, 0.1) is 6.92 Å². The highest BCUT2D eigenvalue weighted by Gasteiger charge is 1.99. The van der Waals surface area contributed by atoms with Crippen LogP contribution in [0.25, 0.3) is 10.8 Å². The number of benzene rings is 2. The molecule has 66 valence electrons. The minimum absolute atomic E-state index is 0.315. The Morgan fingerprint density at radius 2 is 1.85 bits per heavy atom. The molecule has 2 aromatic carbocycles. The Hall–Kier alpha value is -1.21. The average Bonchev–Trinajstić information content (AvgIpc) is 2.08. The third kappa shape index (κ3) is 1.47. The zero-order valence-electron chi connectivity index (χ0n) is 7.21. The first-order chi connectivity index (χ1) is 6.16. The summed E-state index contributed by atoms with van der Waals surface area (Å²) in [6.07, 6.45) is 0. The summed E-state index contributed by atoms with van der Waals surface area (Å²) < 4.78 is 0. The SMILES string of the molecule is Cc1cc2ccc(Cl)cc2cc1O. The van der Waals surface area contributed by atoms with Crippen LogP contribution in [0.15, 0.2) is 30.3 Å². The van der Waals surface area contributed by atoms with Crippen molar-refractivity contribution in [2.45, 2.75) is 6.92 Å². The third-order valence-electron chi connectivity index (χ3n) is 2.12. The van der Waals surface area contributed by atoms with E-state index in [1.807, 2.05) is 31.2 Å². The molecule has 0 amide bonds. The van der Waals surface area contributed by atoms with Crippen molar-refractivity contribution in [2.24, 2.45) is 0 Å². The lowest BCUT2D eigenvalue weighted by molar-refractivity contribution is 0.472. The fourth-order valence-corrected chi connectivity index (χ4v) is 1.55. The van der Waals surface area contributed by atoms with Crippen LogP contribution >= 0.6 is 11.6 Å². The van der Waals surface area contributed by atoms with E-state index < -0.39 is 0 Å². The molecule has 0 saturated heterocycles. The molecule has 0 atom stereocenters. The van der Waals surface area contributed by atoms with Gasteiger partial charge in [0.25, 0.3) is 0 Å². The molecule has 0 heterocycles. The van der Waals surface area contributed by atoms with Gasteiger partial charge in [-0.25, -0.2) is 0 Å². The summed E-state index contributed by atoms with van der Waals surface area (Å²) in [5, 5.41) is 12.2. The topological polar surface area (TPSA) is 20.2 Å². The number of hydrogen-bond donors (Lipinski definition) is 1. The zero-order valence-corrected chi connectivity index (χ0v) is 7.97. The maximum Gasteiger partial charge on any atom is 0.119 e. The molecule has 1 nitrogen and oxygen atoms in total. The van der Waals surface area contributed by atoms with Crippen molar-refractivity contribution in [1.29, 1.82) is 0 Å². The summed E-state index contributed by atoms with van der Waals surface area (Å²) in [6.45, 7) is 1.88. The molecule has 1 N–H and O–H groups in total. The summed E-state index contributed by atoms with van der Waals surface area (Å²) in [7, 11) is 0. The summed E-state index contributed by atoms with van der Waals surface area (Å²) in [5.74, 6) is 0.315. The van der Waals surface area contributed by atoms with Crippen molar-refractivity contribution >= 4 is 22.4 Å². The molecule has 0 aromatic heterocycles. The smallest absolute Gasteiger partial charge is 0.119 e. The average molecular weight is 193 g/mol. The normalized spacial score (nSPS) is 10.6. The van der Waals surface area contributed by atoms with E-state index >= 15 is 0 Å². The van der Waals surface area contributed by atoms with Gasteiger partial charge in [0.15, 0.2) is 0 Å². The van der Waals surface area contributed by atoms with Crippen molar-refractivity contribution in [3.63, 3.8) is 0 Å². The first kappa shape index (κ1) is 8.39. The maximum absolute atomic E-state index is 9.47. The lowest BCUT2D eigenvalue weighted by Gasteiger charge is -2.02. The van der Waals surface area contributed by atoms with Crippen LogP contribution in [0.4, 0.5) is 0 Å². The molecule has 0 radical (unpaired) electrons. The van der Waals surface area contributed by atoms with E-state index in [0.29, 0.717) is 10.8 Å². The van der Waals surface area contributed by atoms with Crippen LogP contribution in [0.3, 0.4) is 0 Å². The van der Waals surface area contributed by atoms with Crippen molar-refractivity contribution < 1.29 is 5.11 Å². The number of rotatable bonds is 0. The zero-order chi connectivity index (χ0) is 9.42. The van der Waals surface area contributed by atoms with Crippen LogP contribution in [0.1, 0.15) is 5.56 Å². The van der Waals surface area contributed by atoms with Crippen LogP contribution in [0.2, 0.25) is 5.02 Å². The molecule has 2 aromatic rings. The number of fused-ring (bicyclic) bond motifs is 1. The van der Waals surface area contributed by atoms with Crippen LogP contribution < -0.4 is 0 Å². The molecule has 0 saturated carbocycles. The Bertz CT molecular complexity index is 463. The quantitative estimate of drug-likeness (QED) is 0.677. The molecule has 13 heavy (non-hydrogen) atoms. The fraction of sp³-hybridized carbons (Fsp3) is 0.0909. The van der Waals surface area contributed by atoms with Crippen molar-refractivity contribution in [3.05, 3.63) is 40.9 Å². The molecule has 0 aliphatic carbocycles. The van der Waals surface area contributed by atoms with E-state index in [9.17, 15) is 5.11 Å². The molecule has 2 rings (SSSR count). The molecule has 0 unspecified atom stereocenters. The van der Waals surface area contributed by atoms with E-state index in [2.05, 4.69) is 0 Å². The number of aromatic hydroxyl groups is 1. The number of phenols is 1. The fourth-order valence-electron chi connectivity index (χ4n) is 1.37. The molecule has 0 spiro atoms. The van der Waals surface area contributed by atoms with Gasteiger partial charge in [-0.05, 0) is 47.5 Å². The maximum atomic E-state index is 9.47. The first-order valence-electron chi connectivity index (χ1n) is 4.06. The van der Waals surface area contributed by atoms with Gasteiger partial charge >= 0.3 is 0 Å². The summed E-state index contributed by atoms with van der Waals surface area (Å²) in [6, 6.07) is 9.32. The van der Waals surface area contributed by atoms with Crippen LogP contribution in [-0.2, 0) is 0 Å². The number of halogens is 1. The highest BCUT2D eigenvalue weighted by molar-refractivity contribution is 6.31. The highest BCUT2D eigenvalue weighted by Crippen LogP contribution is 2.26. The summed E-state index contributed by atoms with van der Waals surface area (Å²) in [4.78, 5) is 0. The molecule has 0 bridgehead atoms. The Morgan fingerprint density at radius 3 is 2.62 bits per heavy atom. The van der Waals surface area contributed by atoms with Gasteiger partial charge in [0.2, 0.25) is 0 Å². The monoisotopic (exact) mass is 192 g/mol. The molecular weight excluding hydrogens is 184 g/mol. The third-order valence-corrected chi connectivity index (χ3v) is 2.35. The molecular formula is C11H9ClO. The Labute approximate surface area is 81.6 Å². The van der Waals surface area contributed by atoms with E-state index in [1.54, 1.807) is 6.07 Å². The van der Waals surface area contributed by atoms with Crippen molar-refractivity contribution in [1.82, 2.24) is 0 Å². The Kier molecular flexibility index (Phi) is 1.89. The molecule has 2 heteroatoms. The molecule has 0 aliphatic heterocycles. The van der Waals surface area contributed by atoms with E-state index in [1.165, 1.54) is 0 Å². The number of hydrogen-bond acceptors (Lipinski definition) is 1. The van der Waals surface area contributed by atoms with E-state index in [4.69, 9.17) is 11.6 Å². The molecule has 0 fully saturated rings. The van der Waals surface area contributed by atoms with Gasteiger partial charge < -0.3 is 5.11 Å². The second-order valence-electron chi connectivity index (χ2n) is 3.13. The molecule has 0 aliphatic rings. The lowest BCUT2D eigenvalue weighted by atomic mass is 10.1. The van der Waals surface area contributed by atoms with Gasteiger partial charge in [-0.3, -0.25) is 0 Å². The van der Waals surface area contributed by atoms with E-state index in [-0.39, 0.29) is 0 Å². The minimum atomic E-state index is 0.315. The van der Waals surface area contributed by atoms with Crippen LogP contribution in [-0.4, -0.2) is 5.11 Å². The van der Waals surface area contributed by atoms with Crippen molar-refractivity contribution in [2.75, 3.05) is 0 Å². The van der Waals surface area contributed by atoms with Gasteiger partial charge in [-0.1, -0.05) is 17.7 Å². The first-order valence-corrected chi connectivity index (χ1v) is 4.43. The standard InChI is InChI=1S/C11H9ClO/c1-7-4-8-2-3-10(12)5-9(8)6-11(7)13/h2-6,13H,1H3.